The van der Waals surface area contributed by atoms with Crippen LogP contribution < -0.4 is 15.8 Å². The number of fused-ring (bicyclic) bond motifs is 1. The first-order valence-corrected chi connectivity index (χ1v) is 11.5. The summed E-state index contributed by atoms with van der Waals surface area (Å²) in [6.45, 7) is 6.08. The predicted octanol–water partition coefficient (Wildman–Crippen LogP) is 5.27. The number of amides is 1. The minimum atomic E-state index is -0.362. The summed E-state index contributed by atoms with van der Waals surface area (Å²) < 4.78 is 20.9. The molecule has 186 valence electrons. The highest BCUT2D eigenvalue weighted by molar-refractivity contribution is 6.12. The van der Waals surface area contributed by atoms with Crippen LogP contribution in [0.5, 0.6) is 11.6 Å². The lowest BCUT2D eigenvalue weighted by atomic mass is 9.92. The minimum absolute atomic E-state index is 0.267. The van der Waals surface area contributed by atoms with Crippen LogP contribution in [0.4, 0.5) is 16.0 Å². The zero-order valence-corrected chi connectivity index (χ0v) is 20.4. The molecule has 0 saturated heterocycles. The molecule has 0 atom stereocenters. The van der Waals surface area contributed by atoms with Crippen molar-refractivity contribution in [3.8, 4) is 17.3 Å². The first-order valence-electron chi connectivity index (χ1n) is 11.5. The lowest BCUT2D eigenvalue weighted by molar-refractivity contribution is 0.102. The molecule has 5 aromatic rings. The maximum absolute atomic E-state index is 13.5. The van der Waals surface area contributed by atoms with Crippen LogP contribution in [0.25, 0.3) is 16.5 Å². The van der Waals surface area contributed by atoms with Gasteiger partial charge in [-0.05, 0) is 47.9 Å². The average molecular weight is 498 g/mol. The van der Waals surface area contributed by atoms with Gasteiger partial charge in [-0.3, -0.25) is 9.78 Å². The molecule has 0 aliphatic rings. The molecule has 37 heavy (non-hydrogen) atoms. The molecule has 0 fully saturated rings. The summed E-state index contributed by atoms with van der Waals surface area (Å²) in [5.41, 5.74) is 7.19. The van der Waals surface area contributed by atoms with E-state index in [0.29, 0.717) is 45.3 Å². The van der Waals surface area contributed by atoms with Crippen molar-refractivity contribution in [2.45, 2.75) is 26.2 Å². The van der Waals surface area contributed by atoms with Gasteiger partial charge >= 0.3 is 0 Å². The van der Waals surface area contributed by atoms with Gasteiger partial charge in [-0.15, -0.1) is 0 Å². The highest BCUT2D eigenvalue weighted by Gasteiger charge is 2.22. The van der Waals surface area contributed by atoms with Crippen LogP contribution in [-0.4, -0.2) is 30.6 Å². The van der Waals surface area contributed by atoms with Gasteiger partial charge in [-0.25, -0.2) is 19.0 Å². The number of nitrogens with zero attached hydrogens (tertiary/aromatic N) is 5. The Hall–Kier alpha value is -4.86. The average Bonchev–Trinajstić information content (AvgIpc) is 3.28. The van der Waals surface area contributed by atoms with Gasteiger partial charge in [-0.2, -0.15) is 5.10 Å². The van der Waals surface area contributed by atoms with E-state index in [4.69, 9.17) is 10.5 Å². The molecule has 3 aromatic heterocycles. The molecule has 3 N–H and O–H groups in total. The molecule has 1 amide bonds. The zero-order valence-electron chi connectivity index (χ0n) is 20.4. The molecule has 0 bridgehead atoms. The molecule has 10 heteroatoms. The van der Waals surface area contributed by atoms with Gasteiger partial charge in [0.05, 0.1) is 16.9 Å². The number of hydrogen-bond donors (Lipinski definition) is 2. The third-order valence-corrected chi connectivity index (χ3v) is 5.65. The minimum Gasteiger partial charge on any atom is -0.439 e. The number of rotatable bonds is 5. The van der Waals surface area contributed by atoms with Crippen LogP contribution in [0.3, 0.4) is 0 Å². The van der Waals surface area contributed by atoms with E-state index in [9.17, 15) is 9.18 Å². The largest absolute Gasteiger partial charge is 0.439 e. The fourth-order valence-corrected chi connectivity index (χ4v) is 3.73. The highest BCUT2D eigenvalue weighted by atomic mass is 19.1. The Kier molecular flexibility index (Phi) is 6.00. The second-order valence-corrected chi connectivity index (χ2v) is 9.46. The van der Waals surface area contributed by atoms with E-state index in [1.165, 1.54) is 30.7 Å². The quantitative estimate of drug-likeness (QED) is 0.339. The Morgan fingerprint density at radius 1 is 1.03 bits per heavy atom. The molecular formula is C27H24FN7O2. The van der Waals surface area contributed by atoms with Gasteiger partial charge in [0, 0.05) is 35.3 Å². The lowest BCUT2D eigenvalue weighted by Gasteiger charge is -2.14. The van der Waals surface area contributed by atoms with Crippen LogP contribution >= 0.6 is 0 Å². The van der Waals surface area contributed by atoms with E-state index in [0.717, 1.165) is 5.69 Å². The Bertz CT molecular complexity index is 1610. The second kappa shape index (κ2) is 9.30. The number of ether oxygens (including phenoxy) is 1. The van der Waals surface area contributed by atoms with Gasteiger partial charge in [0.15, 0.2) is 0 Å². The van der Waals surface area contributed by atoms with E-state index in [1.54, 1.807) is 41.2 Å². The van der Waals surface area contributed by atoms with E-state index in [1.807, 2.05) is 26.8 Å². The standard InChI is InChI=1S/C27H24FN7O2/c1-27(2,3)22-11-24(35(34-22)18-6-4-17(28)5-7-18)33-26(36)21-14-30-13-16-10-19(8-9-20(16)21)37-25-12-23(29)31-15-32-25/h4-15H,1-3H3,(H,33,36)(H2,29,31,32). The van der Waals surface area contributed by atoms with Gasteiger partial charge in [-0.1, -0.05) is 20.8 Å². The van der Waals surface area contributed by atoms with Crippen molar-refractivity contribution in [3.63, 3.8) is 0 Å². The SMILES string of the molecule is CC(C)(C)c1cc(NC(=O)c2cncc3cc(Oc4cc(N)ncn4)ccc23)n(-c2ccc(F)cc2)n1. The number of benzene rings is 2. The van der Waals surface area contributed by atoms with Crippen molar-refractivity contribution in [1.82, 2.24) is 24.7 Å². The summed E-state index contributed by atoms with van der Waals surface area (Å²) in [6, 6.07) is 14.5. The van der Waals surface area contributed by atoms with Crippen molar-refractivity contribution in [2.75, 3.05) is 11.1 Å². The number of nitrogens with two attached hydrogens (primary N) is 1. The van der Waals surface area contributed by atoms with Crippen molar-refractivity contribution < 1.29 is 13.9 Å². The third kappa shape index (κ3) is 5.08. The Balaban J connectivity index is 1.47. The molecule has 0 saturated carbocycles. The van der Waals surface area contributed by atoms with Crippen LogP contribution in [0, 0.1) is 5.82 Å². The van der Waals surface area contributed by atoms with Crippen LogP contribution in [0.15, 0.2) is 73.3 Å². The number of nitrogens with one attached hydrogen (secondary N) is 1. The fraction of sp³-hybridized carbons (Fsp3) is 0.148. The molecule has 0 radical (unpaired) electrons. The van der Waals surface area contributed by atoms with Crippen molar-refractivity contribution in [1.29, 1.82) is 0 Å². The smallest absolute Gasteiger partial charge is 0.259 e. The summed E-state index contributed by atoms with van der Waals surface area (Å²) in [5, 5.41) is 9.02. The number of aromatic nitrogens is 5. The molecule has 0 spiro atoms. The van der Waals surface area contributed by atoms with E-state index < -0.39 is 0 Å². The highest BCUT2D eigenvalue weighted by Crippen LogP contribution is 2.29. The lowest BCUT2D eigenvalue weighted by Crippen LogP contribution is -2.16. The molecule has 0 aliphatic heterocycles. The number of nitrogen functional groups attached to an aromatic ring is 1. The first kappa shape index (κ1) is 23.9. The molecule has 2 aromatic carbocycles. The van der Waals surface area contributed by atoms with Crippen molar-refractivity contribution in [3.05, 3.63) is 90.4 Å². The molecular weight excluding hydrogens is 473 g/mol. The number of pyridine rings is 1. The number of halogens is 1. The monoisotopic (exact) mass is 497 g/mol. The molecule has 3 heterocycles. The van der Waals surface area contributed by atoms with Crippen molar-refractivity contribution in [2.24, 2.45) is 0 Å². The normalized spacial score (nSPS) is 11.5. The fourth-order valence-electron chi connectivity index (χ4n) is 3.73. The van der Waals surface area contributed by atoms with Gasteiger partial charge in [0.25, 0.3) is 5.91 Å². The number of carbonyl (C=O) groups excluding carboxylic acids is 1. The van der Waals surface area contributed by atoms with E-state index in [2.05, 4.69) is 25.4 Å². The number of hydrogen-bond acceptors (Lipinski definition) is 7. The van der Waals surface area contributed by atoms with Gasteiger partial charge < -0.3 is 15.8 Å². The van der Waals surface area contributed by atoms with Crippen LogP contribution in [0.1, 0.15) is 36.8 Å². The third-order valence-electron chi connectivity index (χ3n) is 5.65. The first-order chi connectivity index (χ1) is 17.7. The van der Waals surface area contributed by atoms with Gasteiger partial charge in [0.1, 0.15) is 29.5 Å². The van der Waals surface area contributed by atoms with E-state index in [-0.39, 0.29) is 17.1 Å². The maximum atomic E-state index is 13.5. The Labute approximate surface area is 212 Å². The summed E-state index contributed by atoms with van der Waals surface area (Å²) in [4.78, 5) is 25.6. The summed E-state index contributed by atoms with van der Waals surface area (Å²) >= 11 is 0. The number of anilines is 2. The maximum Gasteiger partial charge on any atom is 0.259 e. The number of carbonyl (C=O) groups is 1. The summed E-state index contributed by atoms with van der Waals surface area (Å²) in [7, 11) is 0. The van der Waals surface area contributed by atoms with E-state index >= 15 is 0 Å². The van der Waals surface area contributed by atoms with Gasteiger partial charge in [0.2, 0.25) is 5.88 Å². The zero-order chi connectivity index (χ0) is 26.2. The van der Waals surface area contributed by atoms with Crippen molar-refractivity contribution >= 4 is 28.3 Å². The second-order valence-electron chi connectivity index (χ2n) is 9.46. The summed E-state index contributed by atoms with van der Waals surface area (Å²) in [5.74, 6) is 0.845. The summed E-state index contributed by atoms with van der Waals surface area (Å²) in [6.07, 6.45) is 4.47. The predicted molar refractivity (Wildman–Crippen MR) is 138 cm³/mol. The van der Waals surface area contributed by atoms with Crippen LogP contribution in [0.2, 0.25) is 0 Å². The molecule has 9 nitrogen and oxygen atoms in total. The Morgan fingerprint density at radius 2 is 1.81 bits per heavy atom. The van der Waals surface area contributed by atoms with Crippen LogP contribution in [-0.2, 0) is 5.41 Å². The molecule has 5 rings (SSSR count). The topological polar surface area (TPSA) is 121 Å². The Morgan fingerprint density at radius 3 is 2.54 bits per heavy atom. The molecule has 0 aliphatic carbocycles. The molecule has 0 unspecified atom stereocenters.